The van der Waals surface area contributed by atoms with Gasteiger partial charge in [-0.1, -0.05) is 60.7 Å². The van der Waals surface area contributed by atoms with Crippen molar-refractivity contribution in [3.63, 3.8) is 0 Å². The van der Waals surface area contributed by atoms with Crippen molar-refractivity contribution in [2.75, 3.05) is 0 Å². The normalized spacial score (nSPS) is 11.7. The van der Waals surface area contributed by atoms with Gasteiger partial charge in [0.25, 0.3) is 5.56 Å². The zero-order valence-electron chi connectivity index (χ0n) is 20.1. The molecular formula is C30H24N4O2. The van der Waals surface area contributed by atoms with Gasteiger partial charge >= 0.3 is 0 Å². The van der Waals surface area contributed by atoms with Gasteiger partial charge in [0.05, 0.1) is 17.1 Å². The fraction of sp³-hybridized carbons (Fsp3) is 0.100. The van der Waals surface area contributed by atoms with Crippen LogP contribution in [0.3, 0.4) is 0 Å². The third kappa shape index (κ3) is 3.82. The molecular weight excluding hydrogens is 448 g/mol. The molecule has 36 heavy (non-hydrogen) atoms. The summed E-state index contributed by atoms with van der Waals surface area (Å²) in [6, 6.07) is 29.4. The van der Waals surface area contributed by atoms with Crippen LogP contribution in [-0.2, 0) is 6.54 Å². The molecule has 0 aliphatic carbocycles. The second-order valence-corrected chi connectivity index (χ2v) is 8.86. The maximum absolute atomic E-state index is 13.5. The van der Waals surface area contributed by atoms with E-state index in [2.05, 4.69) is 41.7 Å². The zero-order chi connectivity index (χ0) is 24.6. The van der Waals surface area contributed by atoms with Crippen LogP contribution in [0.4, 0.5) is 0 Å². The molecule has 0 fully saturated rings. The molecule has 3 aromatic heterocycles. The summed E-state index contributed by atoms with van der Waals surface area (Å²) in [5.41, 5.74) is 5.46. The summed E-state index contributed by atoms with van der Waals surface area (Å²) in [5.74, 6) is 0.856. The largest absolute Gasteiger partial charge is 0.453 e. The van der Waals surface area contributed by atoms with E-state index in [0.29, 0.717) is 22.5 Å². The number of hydrogen-bond donors (Lipinski definition) is 0. The Morgan fingerprint density at radius 1 is 0.917 bits per heavy atom. The van der Waals surface area contributed by atoms with E-state index >= 15 is 0 Å². The van der Waals surface area contributed by atoms with Gasteiger partial charge in [-0.3, -0.25) is 4.79 Å². The minimum absolute atomic E-state index is 0.245. The molecule has 0 radical (unpaired) electrons. The van der Waals surface area contributed by atoms with Crippen LogP contribution in [0.1, 0.15) is 22.5 Å². The molecule has 0 spiro atoms. The lowest BCUT2D eigenvalue weighted by Crippen LogP contribution is -2.20. The number of fused-ring (bicyclic) bond motifs is 2. The number of benzene rings is 3. The van der Waals surface area contributed by atoms with E-state index in [1.165, 1.54) is 10.2 Å². The van der Waals surface area contributed by atoms with Crippen LogP contribution in [0.25, 0.3) is 33.5 Å². The second kappa shape index (κ2) is 8.82. The lowest BCUT2D eigenvalue weighted by atomic mass is 10.2. The lowest BCUT2D eigenvalue weighted by molar-refractivity contribution is 0.616. The molecule has 0 N–H and O–H groups in total. The molecule has 0 amide bonds. The van der Waals surface area contributed by atoms with E-state index in [4.69, 9.17) is 9.40 Å². The molecule has 0 bridgehead atoms. The molecule has 0 aliphatic rings. The molecule has 6 heteroatoms. The van der Waals surface area contributed by atoms with Gasteiger partial charge < -0.3 is 8.98 Å². The van der Waals surface area contributed by atoms with Gasteiger partial charge in [0, 0.05) is 28.9 Å². The van der Waals surface area contributed by atoms with Crippen molar-refractivity contribution in [1.29, 1.82) is 0 Å². The zero-order valence-corrected chi connectivity index (χ0v) is 20.1. The Labute approximate surface area is 207 Å². The van der Waals surface area contributed by atoms with Crippen LogP contribution in [0.2, 0.25) is 0 Å². The van der Waals surface area contributed by atoms with Crippen LogP contribution in [0.5, 0.6) is 0 Å². The summed E-state index contributed by atoms with van der Waals surface area (Å²) < 4.78 is 9.65. The molecule has 6 nitrogen and oxygen atoms in total. The first kappa shape index (κ1) is 21.8. The average molecular weight is 473 g/mol. The Kier molecular flexibility index (Phi) is 5.34. The predicted octanol–water partition coefficient (Wildman–Crippen LogP) is 6.16. The fourth-order valence-corrected chi connectivity index (χ4v) is 4.57. The van der Waals surface area contributed by atoms with Crippen molar-refractivity contribution in [3.8, 4) is 11.6 Å². The Hall–Kier alpha value is -4.71. The predicted molar refractivity (Wildman–Crippen MR) is 144 cm³/mol. The van der Waals surface area contributed by atoms with Crippen molar-refractivity contribution in [2.45, 2.75) is 20.4 Å². The molecule has 0 saturated carbocycles. The quantitative estimate of drug-likeness (QED) is 0.282. The summed E-state index contributed by atoms with van der Waals surface area (Å²) in [6.45, 7) is 4.92. The SMILES string of the molecule is Cc1cc(C=Nn2c(-c3cc4ccccc4o3)nc3ccccc3c2=O)c(C)n1Cc1ccccc1. The maximum atomic E-state index is 13.5. The highest BCUT2D eigenvalue weighted by atomic mass is 16.3. The Morgan fingerprint density at radius 2 is 1.67 bits per heavy atom. The molecule has 3 heterocycles. The molecule has 6 rings (SSSR count). The molecule has 176 valence electrons. The Bertz CT molecular complexity index is 1770. The van der Waals surface area contributed by atoms with E-state index in [1.807, 2.05) is 66.7 Å². The Morgan fingerprint density at radius 3 is 2.50 bits per heavy atom. The fourth-order valence-electron chi connectivity index (χ4n) is 4.57. The highest BCUT2D eigenvalue weighted by molar-refractivity contribution is 5.85. The summed E-state index contributed by atoms with van der Waals surface area (Å²) >= 11 is 0. The number of nitrogens with zero attached hydrogens (tertiary/aromatic N) is 4. The van der Waals surface area contributed by atoms with Gasteiger partial charge in [-0.05, 0) is 49.7 Å². The van der Waals surface area contributed by atoms with Crippen molar-refractivity contribution in [1.82, 2.24) is 14.2 Å². The summed E-state index contributed by atoms with van der Waals surface area (Å²) in [6.07, 6.45) is 1.73. The van der Waals surface area contributed by atoms with Crippen LogP contribution in [0.15, 0.2) is 105 Å². The number of aryl methyl sites for hydroxylation is 1. The van der Waals surface area contributed by atoms with Gasteiger partial charge in [-0.2, -0.15) is 9.78 Å². The average Bonchev–Trinajstić information content (AvgIpc) is 3.45. The van der Waals surface area contributed by atoms with Crippen molar-refractivity contribution in [2.24, 2.45) is 5.10 Å². The van der Waals surface area contributed by atoms with Gasteiger partial charge in [0.15, 0.2) is 5.76 Å². The molecule has 0 saturated heterocycles. The van der Waals surface area contributed by atoms with Gasteiger partial charge in [0.2, 0.25) is 5.82 Å². The Balaban J connectivity index is 1.47. The monoisotopic (exact) mass is 472 g/mol. The van der Waals surface area contributed by atoms with Crippen LogP contribution in [0, 0.1) is 13.8 Å². The van der Waals surface area contributed by atoms with E-state index < -0.39 is 0 Å². The lowest BCUT2D eigenvalue weighted by Gasteiger charge is -2.09. The van der Waals surface area contributed by atoms with E-state index in [0.717, 1.165) is 34.5 Å². The first-order valence-electron chi connectivity index (χ1n) is 11.8. The second-order valence-electron chi connectivity index (χ2n) is 8.86. The van der Waals surface area contributed by atoms with Gasteiger partial charge in [-0.15, -0.1) is 0 Å². The molecule has 6 aromatic rings. The minimum atomic E-state index is -0.245. The first-order chi connectivity index (χ1) is 17.6. The van der Waals surface area contributed by atoms with E-state index in [-0.39, 0.29) is 5.56 Å². The van der Waals surface area contributed by atoms with E-state index in [9.17, 15) is 4.79 Å². The van der Waals surface area contributed by atoms with Crippen molar-refractivity contribution < 1.29 is 4.42 Å². The molecule has 0 aliphatic heterocycles. The highest BCUT2D eigenvalue weighted by Crippen LogP contribution is 2.27. The number of aromatic nitrogens is 3. The minimum Gasteiger partial charge on any atom is -0.453 e. The summed E-state index contributed by atoms with van der Waals surface area (Å²) in [7, 11) is 0. The van der Waals surface area contributed by atoms with Crippen LogP contribution < -0.4 is 5.56 Å². The third-order valence-corrected chi connectivity index (χ3v) is 6.51. The first-order valence-corrected chi connectivity index (χ1v) is 11.8. The molecule has 0 unspecified atom stereocenters. The highest BCUT2D eigenvalue weighted by Gasteiger charge is 2.17. The number of hydrogen-bond acceptors (Lipinski definition) is 4. The summed E-state index contributed by atoms with van der Waals surface area (Å²) in [5, 5.41) is 6.08. The number of rotatable bonds is 5. The molecule has 3 aromatic carbocycles. The topological polar surface area (TPSA) is 65.3 Å². The smallest absolute Gasteiger partial charge is 0.282 e. The van der Waals surface area contributed by atoms with Crippen LogP contribution in [-0.4, -0.2) is 20.4 Å². The third-order valence-electron chi connectivity index (χ3n) is 6.51. The van der Waals surface area contributed by atoms with Gasteiger partial charge in [0.1, 0.15) is 5.58 Å². The number of furan rings is 1. The van der Waals surface area contributed by atoms with Crippen molar-refractivity contribution in [3.05, 3.63) is 124 Å². The number of para-hydroxylation sites is 2. The standard InChI is InChI=1S/C30H24N4O2/c1-20-16-24(21(2)33(20)19-22-10-4-3-5-11-22)18-31-34-29(28-17-23-12-6-9-15-27(23)36-28)32-26-14-8-7-13-25(26)30(34)35/h3-18H,19H2,1-2H3. The maximum Gasteiger partial charge on any atom is 0.282 e. The van der Waals surface area contributed by atoms with E-state index in [1.54, 1.807) is 12.3 Å². The molecule has 0 atom stereocenters. The summed E-state index contributed by atoms with van der Waals surface area (Å²) in [4.78, 5) is 18.3. The van der Waals surface area contributed by atoms with Crippen molar-refractivity contribution >= 4 is 28.1 Å². The van der Waals surface area contributed by atoms with Gasteiger partial charge in [-0.25, -0.2) is 4.98 Å². The van der Waals surface area contributed by atoms with Crippen LogP contribution >= 0.6 is 0 Å².